The lowest BCUT2D eigenvalue weighted by Crippen LogP contribution is -2.30. The normalized spacial score (nSPS) is 12.7. The van der Waals surface area contributed by atoms with E-state index in [9.17, 15) is 0 Å². The number of aryl methyl sites for hydroxylation is 1. The Hall–Kier alpha value is -1.49. The number of benzene rings is 1. The summed E-state index contributed by atoms with van der Waals surface area (Å²) in [6.07, 6.45) is 1.71. The van der Waals surface area contributed by atoms with Crippen molar-refractivity contribution in [3.63, 3.8) is 0 Å². The SMILES string of the molecule is COc1ccc(C(CN)N(C)Cc2ccoc2C)cc1Cl. The van der Waals surface area contributed by atoms with Crippen LogP contribution in [0.3, 0.4) is 0 Å². The van der Waals surface area contributed by atoms with Crippen molar-refractivity contribution in [2.45, 2.75) is 19.5 Å². The molecule has 1 aromatic carbocycles. The summed E-state index contributed by atoms with van der Waals surface area (Å²) in [5, 5.41) is 0.598. The number of hydrogen-bond acceptors (Lipinski definition) is 4. The highest BCUT2D eigenvalue weighted by Crippen LogP contribution is 2.30. The quantitative estimate of drug-likeness (QED) is 0.889. The van der Waals surface area contributed by atoms with Gasteiger partial charge in [-0.1, -0.05) is 17.7 Å². The largest absolute Gasteiger partial charge is 0.495 e. The number of likely N-dealkylation sites (N-methyl/N-ethyl adjacent to an activating group) is 1. The molecule has 2 rings (SSSR count). The molecule has 2 aromatic rings. The van der Waals surface area contributed by atoms with Gasteiger partial charge in [0.15, 0.2) is 0 Å². The van der Waals surface area contributed by atoms with Gasteiger partial charge in [0.1, 0.15) is 11.5 Å². The lowest BCUT2D eigenvalue weighted by molar-refractivity contribution is 0.240. The minimum absolute atomic E-state index is 0.0858. The minimum Gasteiger partial charge on any atom is -0.495 e. The summed E-state index contributed by atoms with van der Waals surface area (Å²) in [5.41, 5.74) is 8.19. The van der Waals surface area contributed by atoms with E-state index in [4.69, 9.17) is 26.5 Å². The maximum Gasteiger partial charge on any atom is 0.137 e. The Morgan fingerprint density at radius 1 is 1.38 bits per heavy atom. The van der Waals surface area contributed by atoms with Gasteiger partial charge in [-0.15, -0.1) is 0 Å². The molecule has 5 heteroatoms. The fourth-order valence-electron chi connectivity index (χ4n) is 2.41. The highest BCUT2D eigenvalue weighted by Gasteiger charge is 2.18. The van der Waals surface area contributed by atoms with Crippen LogP contribution in [-0.4, -0.2) is 25.6 Å². The number of ether oxygens (including phenoxy) is 1. The Bertz CT molecular complexity index is 598. The second kappa shape index (κ2) is 6.98. The summed E-state index contributed by atoms with van der Waals surface area (Å²) in [7, 11) is 3.65. The molecule has 0 aliphatic carbocycles. The molecule has 0 spiro atoms. The molecule has 4 nitrogen and oxygen atoms in total. The Kier molecular flexibility index (Phi) is 5.28. The summed E-state index contributed by atoms with van der Waals surface area (Å²) < 4.78 is 10.5. The Morgan fingerprint density at radius 2 is 2.14 bits per heavy atom. The van der Waals surface area contributed by atoms with Crippen LogP contribution in [0.25, 0.3) is 0 Å². The first-order chi connectivity index (χ1) is 10.1. The number of nitrogens with zero attached hydrogens (tertiary/aromatic N) is 1. The van der Waals surface area contributed by atoms with Crippen molar-refractivity contribution in [1.82, 2.24) is 4.90 Å². The fourth-order valence-corrected chi connectivity index (χ4v) is 2.68. The van der Waals surface area contributed by atoms with E-state index in [2.05, 4.69) is 4.90 Å². The van der Waals surface area contributed by atoms with Gasteiger partial charge < -0.3 is 14.9 Å². The summed E-state index contributed by atoms with van der Waals surface area (Å²) >= 11 is 6.20. The van der Waals surface area contributed by atoms with Crippen molar-refractivity contribution in [1.29, 1.82) is 0 Å². The maximum atomic E-state index is 6.20. The number of furan rings is 1. The van der Waals surface area contributed by atoms with Crippen LogP contribution in [0.5, 0.6) is 5.75 Å². The topological polar surface area (TPSA) is 51.6 Å². The van der Waals surface area contributed by atoms with Crippen LogP contribution in [-0.2, 0) is 6.54 Å². The van der Waals surface area contributed by atoms with Gasteiger partial charge in [-0.25, -0.2) is 0 Å². The van der Waals surface area contributed by atoms with Gasteiger partial charge in [0.25, 0.3) is 0 Å². The third kappa shape index (κ3) is 3.59. The van der Waals surface area contributed by atoms with E-state index in [-0.39, 0.29) is 6.04 Å². The molecule has 0 saturated heterocycles. The lowest BCUT2D eigenvalue weighted by Gasteiger charge is -2.27. The monoisotopic (exact) mass is 308 g/mol. The van der Waals surface area contributed by atoms with E-state index in [1.807, 2.05) is 38.2 Å². The van der Waals surface area contributed by atoms with Gasteiger partial charge >= 0.3 is 0 Å². The molecule has 1 heterocycles. The zero-order valence-electron chi connectivity index (χ0n) is 12.6. The summed E-state index contributed by atoms with van der Waals surface area (Å²) in [4.78, 5) is 2.19. The molecule has 1 unspecified atom stereocenters. The van der Waals surface area contributed by atoms with Crippen molar-refractivity contribution in [3.05, 3.63) is 52.4 Å². The Morgan fingerprint density at radius 3 is 2.67 bits per heavy atom. The summed E-state index contributed by atoms with van der Waals surface area (Å²) in [5.74, 6) is 1.61. The van der Waals surface area contributed by atoms with Crippen LogP contribution in [0.4, 0.5) is 0 Å². The summed E-state index contributed by atoms with van der Waals surface area (Å²) in [6.45, 7) is 3.24. The molecule has 21 heavy (non-hydrogen) atoms. The van der Waals surface area contributed by atoms with E-state index >= 15 is 0 Å². The number of halogens is 1. The van der Waals surface area contributed by atoms with Gasteiger partial charge in [0, 0.05) is 24.7 Å². The van der Waals surface area contributed by atoms with Crippen molar-refractivity contribution in [2.75, 3.05) is 20.7 Å². The molecule has 0 bridgehead atoms. The number of nitrogens with two attached hydrogens (primary N) is 1. The molecule has 0 fully saturated rings. The van der Waals surface area contributed by atoms with Crippen LogP contribution in [0.2, 0.25) is 5.02 Å². The average molecular weight is 309 g/mol. The van der Waals surface area contributed by atoms with Crippen molar-refractivity contribution in [2.24, 2.45) is 5.73 Å². The van der Waals surface area contributed by atoms with E-state index in [0.29, 0.717) is 17.3 Å². The van der Waals surface area contributed by atoms with Crippen molar-refractivity contribution < 1.29 is 9.15 Å². The molecule has 0 amide bonds. The Balaban J connectivity index is 2.18. The Labute approximate surface area is 130 Å². The van der Waals surface area contributed by atoms with Crippen LogP contribution in [0, 0.1) is 6.92 Å². The average Bonchev–Trinajstić information content (AvgIpc) is 2.85. The van der Waals surface area contributed by atoms with Crippen molar-refractivity contribution >= 4 is 11.6 Å². The van der Waals surface area contributed by atoms with Gasteiger partial charge in [-0.2, -0.15) is 0 Å². The highest BCUT2D eigenvalue weighted by molar-refractivity contribution is 6.32. The number of rotatable bonds is 6. The molecule has 1 atom stereocenters. The highest BCUT2D eigenvalue weighted by atomic mass is 35.5. The first-order valence-corrected chi connectivity index (χ1v) is 7.21. The summed E-state index contributed by atoms with van der Waals surface area (Å²) in [6, 6.07) is 7.86. The van der Waals surface area contributed by atoms with Crippen LogP contribution in [0.15, 0.2) is 34.9 Å². The molecule has 0 saturated carbocycles. The fraction of sp³-hybridized carbons (Fsp3) is 0.375. The smallest absolute Gasteiger partial charge is 0.137 e. The third-order valence-electron chi connectivity index (χ3n) is 3.70. The van der Waals surface area contributed by atoms with Crippen LogP contribution in [0.1, 0.15) is 22.9 Å². The molecule has 2 N–H and O–H groups in total. The van der Waals surface area contributed by atoms with E-state index in [1.165, 1.54) is 0 Å². The molecule has 0 radical (unpaired) electrons. The van der Waals surface area contributed by atoms with Crippen LogP contribution >= 0.6 is 11.6 Å². The molecule has 0 aliphatic rings. The molecular weight excluding hydrogens is 288 g/mol. The zero-order chi connectivity index (χ0) is 15.4. The minimum atomic E-state index is 0.0858. The standard InChI is InChI=1S/C16H21ClN2O2/c1-11-13(6-7-21-11)10-19(2)15(9-18)12-4-5-16(20-3)14(17)8-12/h4-8,15H,9-10,18H2,1-3H3. The first-order valence-electron chi connectivity index (χ1n) is 6.83. The maximum absolute atomic E-state index is 6.20. The van der Waals surface area contributed by atoms with Crippen molar-refractivity contribution in [3.8, 4) is 5.75 Å². The lowest BCUT2D eigenvalue weighted by atomic mass is 10.0. The predicted molar refractivity (Wildman–Crippen MR) is 84.7 cm³/mol. The second-order valence-electron chi connectivity index (χ2n) is 5.06. The molecular formula is C16H21ClN2O2. The van der Waals surface area contributed by atoms with E-state index < -0.39 is 0 Å². The third-order valence-corrected chi connectivity index (χ3v) is 4.00. The van der Waals surface area contributed by atoms with Gasteiger partial charge in [0.05, 0.1) is 18.4 Å². The number of methoxy groups -OCH3 is 1. The zero-order valence-corrected chi connectivity index (χ0v) is 13.4. The van der Waals surface area contributed by atoms with Gasteiger partial charge in [-0.3, -0.25) is 4.90 Å². The van der Waals surface area contributed by atoms with Gasteiger partial charge in [-0.05, 0) is 37.7 Å². The first kappa shape index (κ1) is 15.9. The van der Waals surface area contributed by atoms with Gasteiger partial charge in [0.2, 0.25) is 0 Å². The molecule has 114 valence electrons. The molecule has 1 aromatic heterocycles. The predicted octanol–water partition coefficient (Wildman–Crippen LogP) is 3.38. The van der Waals surface area contributed by atoms with E-state index in [0.717, 1.165) is 23.4 Å². The number of hydrogen-bond donors (Lipinski definition) is 1. The van der Waals surface area contributed by atoms with E-state index in [1.54, 1.807) is 13.4 Å². The van der Waals surface area contributed by atoms with Crippen LogP contribution < -0.4 is 10.5 Å². The second-order valence-corrected chi connectivity index (χ2v) is 5.47. The molecule has 0 aliphatic heterocycles.